The van der Waals surface area contributed by atoms with E-state index in [-0.39, 0.29) is 5.82 Å². The van der Waals surface area contributed by atoms with E-state index in [1.54, 1.807) is 17.4 Å². The maximum absolute atomic E-state index is 14.3. The van der Waals surface area contributed by atoms with Crippen LogP contribution in [0.2, 0.25) is 0 Å². The van der Waals surface area contributed by atoms with Gasteiger partial charge in [0, 0.05) is 24.5 Å². The summed E-state index contributed by atoms with van der Waals surface area (Å²) >= 11 is 1.61. The first kappa shape index (κ1) is 14.5. The predicted molar refractivity (Wildman–Crippen MR) is 85.2 cm³/mol. The van der Waals surface area contributed by atoms with Crippen molar-refractivity contribution < 1.29 is 4.39 Å². The van der Waals surface area contributed by atoms with E-state index in [9.17, 15) is 4.39 Å². The molecule has 0 unspecified atom stereocenters. The molecule has 1 aromatic heterocycles. The quantitative estimate of drug-likeness (QED) is 0.885. The highest BCUT2D eigenvalue weighted by Crippen LogP contribution is 2.24. The second-order valence-corrected chi connectivity index (χ2v) is 6.60. The summed E-state index contributed by atoms with van der Waals surface area (Å²) in [6, 6.07) is 6.16. The summed E-state index contributed by atoms with van der Waals surface area (Å²) in [7, 11) is 1.92. The van der Waals surface area contributed by atoms with Gasteiger partial charge in [0.2, 0.25) is 0 Å². The molecule has 0 atom stereocenters. The van der Waals surface area contributed by atoms with Gasteiger partial charge >= 0.3 is 0 Å². The Balaban J connectivity index is 1.67. The Morgan fingerprint density at radius 2 is 2.24 bits per heavy atom. The van der Waals surface area contributed by atoms with Crippen LogP contribution in [0.15, 0.2) is 23.7 Å². The van der Waals surface area contributed by atoms with Gasteiger partial charge in [-0.25, -0.2) is 9.37 Å². The fourth-order valence-corrected chi connectivity index (χ4v) is 3.13. The Kier molecular flexibility index (Phi) is 4.22. The summed E-state index contributed by atoms with van der Waals surface area (Å²) in [5, 5.41) is 3.41. The number of thiazole rings is 1. The second-order valence-electron chi connectivity index (χ2n) is 5.66. The number of halogens is 1. The van der Waals surface area contributed by atoms with Gasteiger partial charge in [-0.05, 0) is 37.5 Å². The molecule has 2 aromatic rings. The molecule has 1 aromatic carbocycles. The van der Waals surface area contributed by atoms with Crippen molar-refractivity contribution in [3.05, 3.63) is 45.7 Å². The van der Waals surface area contributed by atoms with E-state index in [1.807, 2.05) is 36.5 Å². The molecule has 0 bridgehead atoms. The van der Waals surface area contributed by atoms with Gasteiger partial charge in [0.05, 0.1) is 23.4 Å². The van der Waals surface area contributed by atoms with Crippen LogP contribution in [0.3, 0.4) is 0 Å². The largest absolute Gasteiger partial charge is 0.367 e. The number of nitrogens with one attached hydrogen (secondary N) is 1. The minimum Gasteiger partial charge on any atom is -0.367 e. The Morgan fingerprint density at radius 1 is 1.43 bits per heavy atom. The third kappa shape index (κ3) is 3.60. The average molecular weight is 305 g/mol. The summed E-state index contributed by atoms with van der Waals surface area (Å²) in [4.78, 5) is 7.35. The highest BCUT2D eigenvalue weighted by Gasteiger charge is 2.20. The van der Waals surface area contributed by atoms with Crippen LogP contribution in [-0.4, -0.2) is 18.1 Å². The van der Waals surface area contributed by atoms with Gasteiger partial charge < -0.3 is 10.2 Å². The van der Waals surface area contributed by atoms with Crippen molar-refractivity contribution in [1.82, 2.24) is 10.3 Å². The first-order valence-corrected chi connectivity index (χ1v) is 8.13. The standard InChI is InChI=1S/C16H20FN3S/c1-11-16(21-10-19-11)9-20(2)15-6-3-12(7-14(15)17)8-18-13-4-5-13/h3,6-7,10,13,18H,4-5,8-9H2,1-2H3. The van der Waals surface area contributed by atoms with Crippen LogP contribution in [0.5, 0.6) is 0 Å². The molecular formula is C16H20FN3S. The number of aromatic nitrogens is 1. The molecule has 21 heavy (non-hydrogen) atoms. The van der Waals surface area contributed by atoms with Crippen molar-refractivity contribution in [3.8, 4) is 0 Å². The van der Waals surface area contributed by atoms with E-state index in [0.29, 0.717) is 18.3 Å². The number of hydrogen-bond donors (Lipinski definition) is 1. The number of rotatable bonds is 6. The van der Waals surface area contributed by atoms with E-state index in [4.69, 9.17) is 0 Å². The highest BCUT2D eigenvalue weighted by atomic mass is 32.1. The number of benzene rings is 1. The smallest absolute Gasteiger partial charge is 0.146 e. The lowest BCUT2D eigenvalue weighted by molar-refractivity contribution is 0.615. The van der Waals surface area contributed by atoms with Crippen molar-refractivity contribution in [2.24, 2.45) is 0 Å². The fourth-order valence-electron chi connectivity index (χ4n) is 2.30. The van der Waals surface area contributed by atoms with Crippen LogP contribution in [0.1, 0.15) is 29.0 Å². The Hall–Kier alpha value is -1.46. The van der Waals surface area contributed by atoms with Crippen molar-refractivity contribution in [3.63, 3.8) is 0 Å². The molecule has 1 N–H and O–H groups in total. The molecule has 1 heterocycles. The molecule has 1 aliphatic carbocycles. The maximum Gasteiger partial charge on any atom is 0.146 e. The number of hydrogen-bond acceptors (Lipinski definition) is 4. The monoisotopic (exact) mass is 305 g/mol. The van der Waals surface area contributed by atoms with Gasteiger partial charge in [-0.2, -0.15) is 0 Å². The maximum atomic E-state index is 14.3. The van der Waals surface area contributed by atoms with Crippen LogP contribution < -0.4 is 10.2 Å². The number of aryl methyl sites for hydroxylation is 1. The molecule has 112 valence electrons. The summed E-state index contributed by atoms with van der Waals surface area (Å²) in [6.45, 7) is 3.43. The van der Waals surface area contributed by atoms with E-state index in [2.05, 4.69) is 10.3 Å². The molecule has 1 aliphatic rings. The van der Waals surface area contributed by atoms with Crippen molar-refractivity contribution in [1.29, 1.82) is 0 Å². The van der Waals surface area contributed by atoms with Crippen LogP contribution in [0.4, 0.5) is 10.1 Å². The van der Waals surface area contributed by atoms with E-state index in [1.165, 1.54) is 17.7 Å². The third-order valence-corrected chi connectivity index (χ3v) is 4.74. The topological polar surface area (TPSA) is 28.2 Å². The molecule has 0 radical (unpaired) electrons. The zero-order valence-corrected chi connectivity index (χ0v) is 13.2. The van der Waals surface area contributed by atoms with Crippen molar-refractivity contribution in [2.75, 3.05) is 11.9 Å². The van der Waals surface area contributed by atoms with Gasteiger partial charge in [-0.15, -0.1) is 11.3 Å². The second kappa shape index (κ2) is 6.12. The Bertz CT molecular complexity index is 622. The summed E-state index contributed by atoms with van der Waals surface area (Å²) in [6.07, 6.45) is 2.50. The fraction of sp³-hybridized carbons (Fsp3) is 0.438. The SMILES string of the molecule is Cc1ncsc1CN(C)c1ccc(CNC2CC2)cc1F. The molecule has 3 rings (SSSR count). The van der Waals surface area contributed by atoms with E-state index < -0.39 is 0 Å². The molecule has 1 saturated carbocycles. The summed E-state index contributed by atoms with van der Waals surface area (Å²) < 4.78 is 14.3. The molecule has 3 nitrogen and oxygen atoms in total. The van der Waals surface area contributed by atoms with Crippen LogP contribution in [0, 0.1) is 12.7 Å². The molecule has 1 fully saturated rings. The first-order chi connectivity index (χ1) is 10.1. The van der Waals surface area contributed by atoms with E-state index >= 15 is 0 Å². The normalized spacial score (nSPS) is 14.4. The van der Waals surface area contributed by atoms with Gasteiger partial charge in [-0.1, -0.05) is 6.07 Å². The number of anilines is 1. The van der Waals surface area contributed by atoms with E-state index in [0.717, 1.165) is 17.8 Å². The molecule has 0 aliphatic heterocycles. The molecule has 0 amide bonds. The van der Waals surface area contributed by atoms with Crippen LogP contribution in [0.25, 0.3) is 0 Å². The zero-order valence-electron chi connectivity index (χ0n) is 12.4. The lowest BCUT2D eigenvalue weighted by atomic mass is 10.2. The minimum absolute atomic E-state index is 0.158. The Labute approximate surface area is 128 Å². The van der Waals surface area contributed by atoms with Crippen molar-refractivity contribution in [2.45, 2.75) is 38.9 Å². The molecule has 0 spiro atoms. The zero-order chi connectivity index (χ0) is 14.8. The number of nitrogens with zero attached hydrogens (tertiary/aromatic N) is 2. The van der Waals surface area contributed by atoms with Crippen molar-refractivity contribution >= 4 is 17.0 Å². The summed E-state index contributed by atoms with van der Waals surface area (Å²) in [5.74, 6) is -0.158. The van der Waals surface area contributed by atoms with Gasteiger partial charge in [-0.3, -0.25) is 0 Å². The predicted octanol–water partition coefficient (Wildman–Crippen LogP) is 3.48. The lowest BCUT2D eigenvalue weighted by Gasteiger charge is -2.20. The molecule has 0 saturated heterocycles. The first-order valence-electron chi connectivity index (χ1n) is 7.25. The van der Waals surface area contributed by atoms with Crippen LogP contribution >= 0.6 is 11.3 Å². The molecular weight excluding hydrogens is 285 g/mol. The summed E-state index contributed by atoms with van der Waals surface area (Å²) in [5.41, 5.74) is 4.50. The van der Waals surface area contributed by atoms with Gasteiger partial charge in [0.15, 0.2) is 0 Å². The lowest BCUT2D eigenvalue weighted by Crippen LogP contribution is -2.19. The molecule has 5 heteroatoms. The van der Waals surface area contributed by atoms with Gasteiger partial charge in [0.1, 0.15) is 5.82 Å². The minimum atomic E-state index is -0.158. The van der Waals surface area contributed by atoms with Crippen LogP contribution in [-0.2, 0) is 13.1 Å². The highest BCUT2D eigenvalue weighted by molar-refractivity contribution is 7.09. The third-order valence-electron chi connectivity index (χ3n) is 3.82. The average Bonchev–Trinajstić information content (AvgIpc) is 3.20. The Morgan fingerprint density at radius 3 is 2.86 bits per heavy atom. The van der Waals surface area contributed by atoms with Gasteiger partial charge in [0.25, 0.3) is 0 Å².